The van der Waals surface area contributed by atoms with Crippen molar-refractivity contribution in [1.29, 1.82) is 0 Å². The number of aliphatic carboxylic acids is 1. The molecule has 2 aromatic rings. The SMILES string of the molecule is O=C(O)Cc1ccc2nc(Cl)nn2c1. The highest BCUT2D eigenvalue weighted by atomic mass is 35.5. The average molecular weight is 212 g/mol. The molecule has 5 nitrogen and oxygen atoms in total. The second-order valence-electron chi connectivity index (χ2n) is 2.79. The first-order valence-corrected chi connectivity index (χ1v) is 4.25. The van der Waals surface area contributed by atoms with Gasteiger partial charge in [-0.05, 0) is 23.2 Å². The Morgan fingerprint density at radius 3 is 3.07 bits per heavy atom. The Kier molecular flexibility index (Phi) is 2.09. The van der Waals surface area contributed by atoms with E-state index in [1.807, 2.05) is 0 Å². The maximum Gasteiger partial charge on any atom is 0.307 e. The molecule has 1 N–H and O–H groups in total. The van der Waals surface area contributed by atoms with Gasteiger partial charge < -0.3 is 5.11 Å². The summed E-state index contributed by atoms with van der Waals surface area (Å²) in [6, 6.07) is 3.37. The number of hydrogen-bond donors (Lipinski definition) is 1. The minimum absolute atomic E-state index is 0.0343. The first-order chi connectivity index (χ1) is 6.65. The second kappa shape index (κ2) is 3.26. The Morgan fingerprint density at radius 1 is 1.57 bits per heavy atom. The number of carboxylic acid groups (broad SMARTS) is 1. The fraction of sp³-hybridized carbons (Fsp3) is 0.125. The lowest BCUT2D eigenvalue weighted by atomic mass is 10.2. The van der Waals surface area contributed by atoms with E-state index in [1.165, 1.54) is 4.52 Å². The molecule has 0 saturated carbocycles. The molecule has 0 fully saturated rings. The highest BCUT2D eigenvalue weighted by Crippen LogP contribution is 2.08. The van der Waals surface area contributed by atoms with Crippen molar-refractivity contribution in [2.75, 3.05) is 0 Å². The maximum atomic E-state index is 10.4. The van der Waals surface area contributed by atoms with Crippen LogP contribution in [0.4, 0.5) is 0 Å². The summed E-state index contributed by atoms with van der Waals surface area (Å²) < 4.78 is 1.46. The molecule has 6 heteroatoms. The summed E-state index contributed by atoms with van der Waals surface area (Å²) in [5.74, 6) is -0.879. The Morgan fingerprint density at radius 2 is 2.36 bits per heavy atom. The van der Waals surface area contributed by atoms with E-state index in [-0.39, 0.29) is 11.7 Å². The maximum absolute atomic E-state index is 10.4. The predicted octanol–water partition coefficient (Wildman–Crippen LogP) is 1.01. The summed E-state index contributed by atoms with van der Waals surface area (Å²) >= 11 is 5.58. The zero-order chi connectivity index (χ0) is 10.1. The monoisotopic (exact) mass is 211 g/mol. The van der Waals surface area contributed by atoms with Gasteiger partial charge in [-0.1, -0.05) is 6.07 Å². The fourth-order valence-corrected chi connectivity index (χ4v) is 1.35. The number of hydrogen-bond acceptors (Lipinski definition) is 3. The van der Waals surface area contributed by atoms with Crippen molar-refractivity contribution in [1.82, 2.24) is 14.6 Å². The molecule has 0 aliphatic carbocycles. The number of nitrogens with zero attached hydrogens (tertiary/aromatic N) is 3. The second-order valence-corrected chi connectivity index (χ2v) is 3.13. The first kappa shape index (κ1) is 8.96. The summed E-state index contributed by atoms with van der Waals surface area (Å²) in [7, 11) is 0. The summed E-state index contributed by atoms with van der Waals surface area (Å²) in [5.41, 5.74) is 1.26. The largest absolute Gasteiger partial charge is 0.481 e. The molecule has 0 unspecified atom stereocenters. The Bertz CT molecular complexity index is 494. The van der Waals surface area contributed by atoms with Gasteiger partial charge in [0, 0.05) is 6.20 Å². The van der Waals surface area contributed by atoms with Crippen molar-refractivity contribution in [3.05, 3.63) is 29.2 Å². The molecule has 0 amide bonds. The van der Waals surface area contributed by atoms with Crippen LogP contribution in [-0.4, -0.2) is 25.7 Å². The lowest BCUT2D eigenvalue weighted by molar-refractivity contribution is -0.136. The molecular formula is C8H6ClN3O2. The summed E-state index contributed by atoms with van der Waals surface area (Å²) in [6.07, 6.45) is 1.57. The number of rotatable bonds is 2. The zero-order valence-corrected chi connectivity index (χ0v) is 7.77. The van der Waals surface area contributed by atoms with Crippen molar-refractivity contribution in [3.63, 3.8) is 0 Å². The summed E-state index contributed by atoms with van der Waals surface area (Å²) in [5, 5.41) is 12.6. The van der Waals surface area contributed by atoms with Gasteiger partial charge in [0.25, 0.3) is 0 Å². The van der Waals surface area contributed by atoms with Gasteiger partial charge in [0.2, 0.25) is 5.28 Å². The molecule has 0 radical (unpaired) electrons. The third-order valence-corrected chi connectivity index (χ3v) is 1.88. The molecule has 0 aromatic carbocycles. The lowest BCUT2D eigenvalue weighted by Gasteiger charge is -1.96. The van der Waals surface area contributed by atoms with E-state index < -0.39 is 5.97 Å². The molecule has 2 aromatic heterocycles. The van der Waals surface area contributed by atoms with Crippen LogP contribution in [0.2, 0.25) is 5.28 Å². The van der Waals surface area contributed by atoms with Crippen LogP contribution in [0.3, 0.4) is 0 Å². The molecular weight excluding hydrogens is 206 g/mol. The topological polar surface area (TPSA) is 67.5 Å². The summed E-state index contributed by atoms with van der Waals surface area (Å²) in [6.45, 7) is 0. The Balaban J connectivity index is 2.45. The molecule has 0 aliphatic rings. The zero-order valence-electron chi connectivity index (χ0n) is 7.01. The smallest absolute Gasteiger partial charge is 0.307 e. The molecule has 0 bridgehead atoms. The van der Waals surface area contributed by atoms with E-state index in [0.717, 1.165) is 0 Å². The van der Waals surface area contributed by atoms with Gasteiger partial charge in [0.15, 0.2) is 5.65 Å². The van der Waals surface area contributed by atoms with Crippen molar-refractivity contribution < 1.29 is 9.90 Å². The van der Waals surface area contributed by atoms with Crippen molar-refractivity contribution in [3.8, 4) is 0 Å². The highest BCUT2D eigenvalue weighted by Gasteiger charge is 2.04. The number of carboxylic acids is 1. The van der Waals surface area contributed by atoms with Crippen LogP contribution in [-0.2, 0) is 11.2 Å². The number of halogens is 1. The highest BCUT2D eigenvalue weighted by molar-refractivity contribution is 6.28. The number of aromatic nitrogens is 3. The molecule has 0 aliphatic heterocycles. The van der Waals surface area contributed by atoms with Gasteiger partial charge in [-0.2, -0.15) is 4.98 Å². The van der Waals surface area contributed by atoms with E-state index in [4.69, 9.17) is 16.7 Å². The van der Waals surface area contributed by atoms with Crippen molar-refractivity contribution >= 4 is 23.2 Å². The quantitative estimate of drug-likeness (QED) is 0.805. The van der Waals surface area contributed by atoms with Crippen molar-refractivity contribution in [2.45, 2.75) is 6.42 Å². The molecule has 72 valence electrons. The van der Waals surface area contributed by atoms with Gasteiger partial charge in [0.05, 0.1) is 6.42 Å². The summed E-state index contributed by atoms with van der Waals surface area (Å²) in [4.78, 5) is 14.3. The molecule has 0 saturated heterocycles. The van der Waals surface area contributed by atoms with Crippen LogP contribution in [0.1, 0.15) is 5.56 Å². The molecule has 0 spiro atoms. The molecule has 2 rings (SSSR count). The minimum atomic E-state index is -0.879. The third kappa shape index (κ3) is 1.67. The van der Waals surface area contributed by atoms with E-state index in [1.54, 1.807) is 18.3 Å². The van der Waals surface area contributed by atoms with Crippen LogP contribution in [0, 0.1) is 0 Å². The van der Waals surface area contributed by atoms with Crippen LogP contribution in [0.25, 0.3) is 5.65 Å². The lowest BCUT2D eigenvalue weighted by Crippen LogP contribution is -2.01. The minimum Gasteiger partial charge on any atom is -0.481 e. The van der Waals surface area contributed by atoms with Crippen LogP contribution < -0.4 is 0 Å². The molecule has 0 atom stereocenters. The van der Waals surface area contributed by atoms with Gasteiger partial charge >= 0.3 is 5.97 Å². The van der Waals surface area contributed by atoms with E-state index in [2.05, 4.69) is 10.1 Å². The Hall–Kier alpha value is -1.62. The Labute approximate surface area is 83.9 Å². The van der Waals surface area contributed by atoms with Gasteiger partial charge in [-0.3, -0.25) is 4.79 Å². The standard InChI is InChI=1S/C8H6ClN3O2/c9-8-10-6-2-1-5(3-7(13)14)4-12(6)11-8/h1-2,4H,3H2,(H,13,14). The van der Waals surface area contributed by atoms with E-state index >= 15 is 0 Å². The van der Waals surface area contributed by atoms with Gasteiger partial charge in [0.1, 0.15) is 0 Å². The molecule has 14 heavy (non-hydrogen) atoms. The number of pyridine rings is 1. The van der Waals surface area contributed by atoms with E-state index in [9.17, 15) is 4.79 Å². The third-order valence-electron chi connectivity index (χ3n) is 1.72. The van der Waals surface area contributed by atoms with Crippen LogP contribution in [0.15, 0.2) is 18.3 Å². The van der Waals surface area contributed by atoms with Gasteiger partial charge in [-0.25, -0.2) is 4.52 Å². The van der Waals surface area contributed by atoms with Crippen LogP contribution in [0.5, 0.6) is 0 Å². The van der Waals surface area contributed by atoms with Crippen LogP contribution >= 0.6 is 11.6 Å². The van der Waals surface area contributed by atoms with E-state index in [0.29, 0.717) is 11.2 Å². The first-order valence-electron chi connectivity index (χ1n) is 3.88. The van der Waals surface area contributed by atoms with Crippen molar-refractivity contribution in [2.24, 2.45) is 0 Å². The predicted molar refractivity (Wildman–Crippen MR) is 49.3 cm³/mol. The average Bonchev–Trinajstić information content (AvgIpc) is 2.42. The number of carbonyl (C=O) groups is 1. The normalized spacial score (nSPS) is 10.6. The number of fused-ring (bicyclic) bond motifs is 1. The fourth-order valence-electron chi connectivity index (χ4n) is 1.18. The van der Waals surface area contributed by atoms with Gasteiger partial charge in [-0.15, -0.1) is 5.10 Å². The molecule has 2 heterocycles.